The molecular weight excluding hydrogens is 376 g/mol. The third-order valence-electron chi connectivity index (χ3n) is 4.60. The van der Waals surface area contributed by atoms with Crippen molar-refractivity contribution in [3.8, 4) is 16.9 Å². The van der Waals surface area contributed by atoms with Gasteiger partial charge in [-0.3, -0.25) is 10.4 Å². The molecule has 0 saturated heterocycles. The number of ether oxygens (including phenoxy) is 1. The number of nitrogens with one attached hydrogen (secondary N) is 3. The summed E-state index contributed by atoms with van der Waals surface area (Å²) >= 11 is 0. The summed E-state index contributed by atoms with van der Waals surface area (Å²) in [5, 5.41) is 13.6. The van der Waals surface area contributed by atoms with E-state index in [4.69, 9.17) is 4.74 Å². The van der Waals surface area contributed by atoms with Gasteiger partial charge in [0.15, 0.2) is 5.82 Å². The van der Waals surface area contributed by atoms with Gasteiger partial charge in [-0.15, -0.1) is 0 Å². The van der Waals surface area contributed by atoms with Gasteiger partial charge in [-0.25, -0.2) is 4.79 Å². The van der Waals surface area contributed by atoms with E-state index in [1.807, 2.05) is 60.7 Å². The molecule has 0 fully saturated rings. The first-order valence-corrected chi connectivity index (χ1v) is 9.93. The van der Waals surface area contributed by atoms with Crippen molar-refractivity contribution >= 4 is 28.4 Å². The molecule has 0 bridgehead atoms. The summed E-state index contributed by atoms with van der Waals surface area (Å²) in [6.45, 7) is 4.85. The number of hydrogen-bond acceptors (Lipinski definition) is 3. The molecule has 30 heavy (non-hydrogen) atoms. The van der Waals surface area contributed by atoms with Crippen molar-refractivity contribution in [2.45, 2.75) is 13.8 Å². The number of fused-ring (bicyclic) bond motifs is 1. The van der Waals surface area contributed by atoms with E-state index < -0.39 is 0 Å². The summed E-state index contributed by atoms with van der Waals surface area (Å²) < 4.78 is 5.74. The largest absolute Gasteiger partial charge is 0.493 e. The lowest BCUT2D eigenvalue weighted by Gasteiger charge is -2.09. The number of rotatable bonds is 6. The van der Waals surface area contributed by atoms with E-state index in [9.17, 15) is 4.79 Å². The lowest BCUT2D eigenvalue weighted by atomic mass is 10.1. The van der Waals surface area contributed by atoms with Gasteiger partial charge in [-0.2, -0.15) is 5.10 Å². The zero-order valence-corrected chi connectivity index (χ0v) is 17.0. The molecule has 0 aliphatic carbocycles. The first-order valence-electron chi connectivity index (χ1n) is 9.93. The van der Waals surface area contributed by atoms with Crippen LogP contribution in [0.1, 0.15) is 13.8 Å². The standard InChI is InChI=1S/C24H24N4O2/c1-16(2)15-30-20-12-13-21-22(14-20)27-28-23(21)26-24(29)25-19-10-8-18(9-11-19)17-6-4-3-5-7-17/h3-14,16H,15H2,1-2H3,(H3,25,26,27,28,29). The summed E-state index contributed by atoms with van der Waals surface area (Å²) in [6.07, 6.45) is 0. The van der Waals surface area contributed by atoms with Crippen LogP contribution in [0.5, 0.6) is 5.75 Å². The first kappa shape index (κ1) is 19.5. The van der Waals surface area contributed by atoms with E-state index in [1.54, 1.807) is 0 Å². The van der Waals surface area contributed by atoms with Gasteiger partial charge in [0.05, 0.1) is 12.1 Å². The summed E-state index contributed by atoms with van der Waals surface area (Å²) in [4.78, 5) is 12.4. The molecule has 3 N–H and O–H groups in total. The molecule has 0 aliphatic heterocycles. The van der Waals surface area contributed by atoms with Crippen LogP contribution in [-0.2, 0) is 0 Å². The highest BCUT2D eigenvalue weighted by atomic mass is 16.5. The topological polar surface area (TPSA) is 79.0 Å². The zero-order valence-electron chi connectivity index (χ0n) is 17.0. The Morgan fingerprint density at radius 3 is 2.43 bits per heavy atom. The number of H-pyrrole nitrogens is 1. The van der Waals surface area contributed by atoms with Crippen LogP contribution in [0, 0.1) is 5.92 Å². The summed E-state index contributed by atoms with van der Waals surface area (Å²) in [5.41, 5.74) is 3.73. The van der Waals surface area contributed by atoms with Crippen LogP contribution in [0.25, 0.3) is 22.0 Å². The lowest BCUT2D eigenvalue weighted by molar-refractivity contribution is 0.262. The van der Waals surface area contributed by atoms with Crippen LogP contribution in [0.2, 0.25) is 0 Å². The van der Waals surface area contributed by atoms with E-state index in [-0.39, 0.29) is 6.03 Å². The second-order valence-electron chi connectivity index (χ2n) is 7.51. The fourth-order valence-corrected chi connectivity index (χ4v) is 3.09. The van der Waals surface area contributed by atoms with Crippen molar-refractivity contribution in [2.75, 3.05) is 17.2 Å². The van der Waals surface area contributed by atoms with Gasteiger partial charge in [0.1, 0.15) is 5.75 Å². The van der Waals surface area contributed by atoms with Crippen LogP contribution in [-0.4, -0.2) is 22.8 Å². The molecule has 0 aliphatic rings. The van der Waals surface area contributed by atoms with E-state index in [0.29, 0.717) is 24.0 Å². The summed E-state index contributed by atoms with van der Waals surface area (Å²) in [7, 11) is 0. The number of aromatic nitrogens is 2. The maximum absolute atomic E-state index is 12.4. The van der Waals surface area contributed by atoms with Crippen LogP contribution >= 0.6 is 0 Å². The maximum Gasteiger partial charge on any atom is 0.324 e. The molecule has 1 aromatic heterocycles. The Hall–Kier alpha value is -3.80. The van der Waals surface area contributed by atoms with Gasteiger partial charge in [0, 0.05) is 17.1 Å². The minimum atomic E-state index is -0.351. The molecule has 2 amide bonds. The number of carbonyl (C=O) groups is 1. The number of nitrogens with zero attached hydrogens (tertiary/aromatic N) is 1. The molecule has 3 aromatic carbocycles. The number of amides is 2. The minimum Gasteiger partial charge on any atom is -0.493 e. The van der Waals surface area contributed by atoms with E-state index in [0.717, 1.165) is 27.8 Å². The Morgan fingerprint density at radius 1 is 0.967 bits per heavy atom. The molecule has 0 atom stereocenters. The van der Waals surface area contributed by atoms with E-state index in [1.165, 1.54) is 0 Å². The van der Waals surface area contributed by atoms with Crippen molar-refractivity contribution in [1.29, 1.82) is 0 Å². The van der Waals surface area contributed by atoms with Crippen molar-refractivity contribution in [3.05, 3.63) is 72.8 Å². The van der Waals surface area contributed by atoms with Gasteiger partial charge < -0.3 is 10.1 Å². The average molecular weight is 400 g/mol. The van der Waals surface area contributed by atoms with Gasteiger partial charge in [0.25, 0.3) is 0 Å². The predicted molar refractivity (Wildman–Crippen MR) is 121 cm³/mol. The zero-order chi connectivity index (χ0) is 20.9. The molecule has 152 valence electrons. The molecule has 6 heteroatoms. The molecule has 6 nitrogen and oxygen atoms in total. The second-order valence-corrected chi connectivity index (χ2v) is 7.51. The third-order valence-corrected chi connectivity index (χ3v) is 4.60. The van der Waals surface area contributed by atoms with Gasteiger partial charge in [0.2, 0.25) is 0 Å². The Balaban J connectivity index is 1.41. The van der Waals surface area contributed by atoms with Crippen molar-refractivity contribution in [1.82, 2.24) is 10.2 Å². The maximum atomic E-state index is 12.4. The highest BCUT2D eigenvalue weighted by Crippen LogP contribution is 2.25. The predicted octanol–water partition coefficient (Wildman–Crippen LogP) is 5.91. The molecule has 0 unspecified atom stereocenters. The van der Waals surface area contributed by atoms with Gasteiger partial charge >= 0.3 is 6.03 Å². The van der Waals surface area contributed by atoms with E-state index in [2.05, 4.69) is 46.8 Å². The number of carbonyl (C=O) groups excluding carboxylic acids is 1. The lowest BCUT2D eigenvalue weighted by Crippen LogP contribution is -2.19. The normalized spacial score (nSPS) is 10.9. The quantitative estimate of drug-likeness (QED) is 0.376. The number of benzene rings is 3. The summed E-state index contributed by atoms with van der Waals surface area (Å²) in [6, 6.07) is 23.1. The van der Waals surface area contributed by atoms with Crippen LogP contribution < -0.4 is 15.4 Å². The average Bonchev–Trinajstić information content (AvgIpc) is 3.15. The second kappa shape index (κ2) is 8.69. The molecular formula is C24H24N4O2. The van der Waals surface area contributed by atoms with Crippen LogP contribution in [0.3, 0.4) is 0 Å². The summed E-state index contributed by atoms with van der Waals surface area (Å²) in [5.74, 6) is 1.69. The molecule has 4 aromatic rings. The highest BCUT2D eigenvalue weighted by molar-refractivity contribution is 6.04. The minimum absolute atomic E-state index is 0.351. The monoisotopic (exact) mass is 400 g/mol. The Morgan fingerprint density at radius 2 is 1.70 bits per heavy atom. The SMILES string of the molecule is CC(C)COc1ccc2c(NC(=O)Nc3ccc(-c4ccccc4)cc3)n[nH]c2c1. The number of anilines is 2. The number of hydrogen-bond donors (Lipinski definition) is 3. The molecule has 4 rings (SSSR count). The third kappa shape index (κ3) is 4.60. The smallest absolute Gasteiger partial charge is 0.324 e. The van der Waals surface area contributed by atoms with E-state index >= 15 is 0 Å². The van der Waals surface area contributed by atoms with Crippen molar-refractivity contribution < 1.29 is 9.53 Å². The van der Waals surface area contributed by atoms with Crippen molar-refractivity contribution in [3.63, 3.8) is 0 Å². The fourth-order valence-electron chi connectivity index (χ4n) is 3.09. The number of aromatic amines is 1. The van der Waals surface area contributed by atoms with Gasteiger partial charge in [-0.05, 0) is 41.3 Å². The highest BCUT2D eigenvalue weighted by Gasteiger charge is 2.11. The molecule has 0 spiro atoms. The number of urea groups is 1. The first-order chi connectivity index (χ1) is 14.6. The Bertz CT molecular complexity index is 1140. The van der Waals surface area contributed by atoms with Crippen LogP contribution in [0.15, 0.2) is 72.8 Å². The van der Waals surface area contributed by atoms with Crippen LogP contribution in [0.4, 0.5) is 16.3 Å². The molecule has 0 radical (unpaired) electrons. The molecule has 1 heterocycles. The Labute approximate surface area is 175 Å². The Kier molecular flexibility index (Phi) is 5.66. The fraction of sp³-hybridized carbons (Fsp3) is 0.167. The van der Waals surface area contributed by atoms with Gasteiger partial charge in [-0.1, -0.05) is 56.3 Å². The molecule has 0 saturated carbocycles. The van der Waals surface area contributed by atoms with Crippen molar-refractivity contribution in [2.24, 2.45) is 5.92 Å².